The Morgan fingerprint density at radius 1 is 0.214 bits per heavy atom. The molecule has 0 aromatic rings. The predicted octanol–water partition coefficient (Wildman–Crippen LogP) is -1.39. The molecule has 0 spiro atoms. The van der Waals surface area contributed by atoms with Gasteiger partial charge in [-0.15, -0.1) is 0 Å². The number of aliphatic hydroxyl groups is 1. The minimum atomic E-state index is -1.23. The van der Waals surface area contributed by atoms with Gasteiger partial charge in [-0.1, -0.05) is 0 Å². The van der Waals surface area contributed by atoms with Crippen molar-refractivity contribution < 1.29 is 166 Å². The Balaban J connectivity index is 1.24. The lowest BCUT2D eigenvalue weighted by Gasteiger charge is -2.52. The summed E-state index contributed by atoms with van der Waals surface area (Å²) in [6.07, 6.45) is -33.8. The lowest BCUT2D eigenvalue weighted by molar-refractivity contribution is -0.402. The summed E-state index contributed by atoms with van der Waals surface area (Å²) in [5.41, 5.74) is 0. The van der Waals surface area contributed by atoms with Crippen molar-refractivity contribution in [2.45, 2.75) is 234 Å². The maximum atomic E-state index is 9.62. The minimum Gasteiger partial charge on any atom is -0.396 e. The summed E-state index contributed by atoms with van der Waals surface area (Å²) < 4.78 is 222. The molecule has 21 aliphatic heterocycles. The first-order valence-electron chi connectivity index (χ1n) is 35.0. The van der Waals surface area contributed by atoms with E-state index in [9.17, 15) is 5.11 Å². The van der Waals surface area contributed by atoms with Crippen LogP contribution in [0, 0.1) is 0 Å². The Labute approximate surface area is 605 Å². The first-order chi connectivity index (χ1) is 50.2. The standard InChI is InChI=1S/C67H121NO35/c1-70-27-34-41-48(77-8)56(85-16)63(92-34)100-43-36(29-72-3)94-65(58(87-18)50(43)79-10)102-45-38(31-74-5)96-67(60(89-20)52(45)81-12)103-46-39(32-75-6)95-66(59(88-19)53(46)82-13)101-44-37(30-73-4)93-64(57(86-17)51(44)80-11)99-42-35(28-71-2)91-62(55(84-15)49(42)78-9)97-40-33(26-68-24-22-21-23-25-69)90-61(98-41)54(83-14)47(40)76-7/h33-69H,21-32H2,1-20H3/t33-,34-,35-,36-,37-,38-,39-,40-,41-,42-,43-,44-,45-,46-,47+,48+,49+,50+,51+,52+,53+,54-,55-,56-,57-,58-,59-,60-,61-,62-,63-,64-,65-,66-,67-/m1/s1. The van der Waals surface area contributed by atoms with E-state index in [1.807, 2.05) is 0 Å². The molecular weight excluding hydrogens is 1380 g/mol. The molecule has 0 unspecified atom stereocenters. The summed E-state index contributed by atoms with van der Waals surface area (Å²) in [4.78, 5) is 0. The molecule has 2 N–H and O–H groups in total. The molecule has 0 saturated carbocycles. The number of unbranched alkanes of at least 4 members (excludes halogenated alkanes) is 2. The highest BCUT2D eigenvalue weighted by Gasteiger charge is 2.62. The Hall–Kier alpha value is -1.44. The van der Waals surface area contributed by atoms with E-state index in [4.69, 9.17) is 161 Å². The molecule has 0 amide bonds. The first kappa shape index (κ1) is 87.1. The Kier molecular flexibility index (Phi) is 37.2. The summed E-state index contributed by atoms with van der Waals surface area (Å²) in [7, 11) is 30.3. The van der Waals surface area contributed by atoms with E-state index in [1.54, 1.807) is 0 Å². The van der Waals surface area contributed by atoms with Crippen LogP contribution >= 0.6 is 0 Å². The van der Waals surface area contributed by atoms with Crippen LogP contribution in [0.1, 0.15) is 19.3 Å². The maximum Gasteiger partial charge on any atom is 0.187 e. The SMILES string of the molecule is COC[C@H]1O[C@@H]2O[C@H]3[C@H](OC)[C@@H](OC)[C@@H](O[C@H]4[C@H](OC)[C@@H](OC)[C@@H](O[C@H]5[C@H](OC)[C@@H](OC)[C@@H](O[C@H]6[C@H](OC)[C@@H](OC)[C@@H](O[C@H]7[C@H](OC)[C@@H](OC)[C@@H](O[C@H]8[C@H](OC)[C@@H](OC)[C@@H](O[C@H]1[C@H](OC)[C@H]2OC)O[C@@H]8CNCCCCCO)O[C@@H]7COC)O[C@@H]6COC)O[C@@H]5COC)O[C@@H]4COC)O[C@@H]3COC. The molecule has 0 aromatic heterocycles. The Morgan fingerprint density at radius 2 is 0.388 bits per heavy atom. The van der Waals surface area contributed by atoms with Crippen molar-refractivity contribution in [3.8, 4) is 0 Å². The first-order valence-corrected chi connectivity index (χ1v) is 35.0. The molecule has 21 heterocycles. The molecule has 604 valence electrons. The highest BCUT2D eigenvalue weighted by molar-refractivity contribution is 5.04. The third kappa shape index (κ3) is 20.1. The quantitative estimate of drug-likeness (QED) is 0.0715. The van der Waals surface area contributed by atoms with Crippen LogP contribution in [0.25, 0.3) is 0 Å². The average Bonchev–Trinajstić information content (AvgIpc) is 0.788. The van der Waals surface area contributed by atoms with Crippen molar-refractivity contribution >= 4 is 0 Å². The second kappa shape index (κ2) is 44.0. The van der Waals surface area contributed by atoms with Gasteiger partial charge in [0.15, 0.2) is 44.0 Å². The molecule has 103 heavy (non-hydrogen) atoms. The predicted molar refractivity (Wildman–Crippen MR) is 351 cm³/mol. The zero-order valence-electron chi connectivity index (χ0n) is 63.5. The maximum absolute atomic E-state index is 9.62. The van der Waals surface area contributed by atoms with Gasteiger partial charge in [-0.3, -0.25) is 0 Å². The molecule has 36 heteroatoms. The van der Waals surface area contributed by atoms with Gasteiger partial charge in [0.1, 0.15) is 171 Å². The third-order valence-corrected chi connectivity index (χ3v) is 20.3. The van der Waals surface area contributed by atoms with E-state index in [0.717, 1.165) is 12.8 Å². The van der Waals surface area contributed by atoms with Crippen LogP contribution in [0.15, 0.2) is 0 Å². The van der Waals surface area contributed by atoms with Crippen LogP contribution in [0.2, 0.25) is 0 Å². The van der Waals surface area contributed by atoms with E-state index < -0.39 is 215 Å². The summed E-state index contributed by atoms with van der Waals surface area (Å²) in [5, 5.41) is 13.2. The molecule has 14 bridgehead atoms. The zero-order valence-corrected chi connectivity index (χ0v) is 63.5. The second-order valence-electron chi connectivity index (χ2n) is 26.0. The number of hydrogen-bond acceptors (Lipinski definition) is 36. The van der Waals surface area contributed by atoms with Crippen LogP contribution in [0.5, 0.6) is 0 Å². The molecule has 0 aromatic carbocycles. The van der Waals surface area contributed by atoms with Crippen LogP contribution < -0.4 is 5.32 Å². The lowest BCUT2D eigenvalue weighted by atomic mass is 9.94. The highest BCUT2D eigenvalue weighted by atomic mass is 16.8. The smallest absolute Gasteiger partial charge is 0.187 e. The van der Waals surface area contributed by atoms with Crippen LogP contribution in [0.3, 0.4) is 0 Å². The van der Waals surface area contributed by atoms with Crippen molar-refractivity contribution in [2.24, 2.45) is 0 Å². The molecular formula is C67H121NO35. The summed E-state index contributed by atoms with van der Waals surface area (Å²) in [6.45, 7) is 0.574. The van der Waals surface area contributed by atoms with Gasteiger partial charge in [-0.2, -0.15) is 0 Å². The largest absolute Gasteiger partial charge is 0.396 e. The van der Waals surface area contributed by atoms with Gasteiger partial charge in [0.05, 0.1) is 39.6 Å². The summed E-state index contributed by atoms with van der Waals surface area (Å²) in [6, 6.07) is 0. The van der Waals surface area contributed by atoms with E-state index >= 15 is 0 Å². The highest BCUT2D eigenvalue weighted by Crippen LogP contribution is 2.43. The number of aliphatic hydroxyl groups excluding tert-OH is 1. The van der Waals surface area contributed by atoms with Crippen molar-refractivity contribution in [3.05, 3.63) is 0 Å². The minimum absolute atomic E-state index is 0.0408. The number of nitrogens with one attached hydrogen (secondary N) is 1. The number of ether oxygens (including phenoxy) is 34. The van der Waals surface area contributed by atoms with Crippen molar-refractivity contribution in [2.75, 3.05) is 202 Å². The molecule has 0 aliphatic carbocycles. The van der Waals surface area contributed by atoms with Gasteiger partial charge < -0.3 is 171 Å². The fraction of sp³-hybridized carbons (Fsp3) is 1.00. The third-order valence-electron chi connectivity index (χ3n) is 20.3. The number of hydrogen-bond donors (Lipinski definition) is 2. The van der Waals surface area contributed by atoms with Gasteiger partial charge in [0.2, 0.25) is 0 Å². The average molecular weight is 1500 g/mol. The zero-order chi connectivity index (χ0) is 74.4. The topological polar surface area (TPSA) is 346 Å². The molecule has 21 saturated heterocycles. The van der Waals surface area contributed by atoms with E-state index in [2.05, 4.69) is 5.32 Å². The van der Waals surface area contributed by atoms with E-state index in [-0.39, 0.29) is 52.8 Å². The van der Waals surface area contributed by atoms with Crippen molar-refractivity contribution in [3.63, 3.8) is 0 Å². The summed E-state index contributed by atoms with van der Waals surface area (Å²) in [5.74, 6) is 0. The van der Waals surface area contributed by atoms with Gasteiger partial charge in [0, 0.05) is 155 Å². The Morgan fingerprint density at radius 3 is 0.553 bits per heavy atom. The second-order valence-corrected chi connectivity index (χ2v) is 26.0. The fourth-order valence-corrected chi connectivity index (χ4v) is 15.5. The molecule has 35 atom stereocenters. The van der Waals surface area contributed by atoms with Crippen LogP contribution in [-0.4, -0.2) is 422 Å². The van der Waals surface area contributed by atoms with Crippen molar-refractivity contribution in [1.29, 1.82) is 0 Å². The van der Waals surface area contributed by atoms with Gasteiger partial charge >= 0.3 is 0 Å². The van der Waals surface area contributed by atoms with E-state index in [0.29, 0.717) is 13.0 Å². The van der Waals surface area contributed by atoms with Gasteiger partial charge in [-0.05, 0) is 25.8 Å². The fourth-order valence-electron chi connectivity index (χ4n) is 15.5. The van der Waals surface area contributed by atoms with Gasteiger partial charge in [-0.25, -0.2) is 0 Å². The molecule has 21 aliphatic rings. The lowest BCUT2D eigenvalue weighted by Crippen LogP contribution is -2.69. The Bertz CT molecular complexity index is 2290. The van der Waals surface area contributed by atoms with Crippen LogP contribution in [-0.2, 0) is 161 Å². The van der Waals surface area contributed by atoms with E-state index in [1.165, 1.54) is 142 Å². The van der Waals surface area contributed by atoms with Gasteiger partial charge in [0.25, 0.3) is 0 Å². The van der Waals surface area contributed by atoms with Crippen molar-refractivity contribution in [1.82, 2.24) is 5.32 Å². The molecule has 0 radical (unpaired) electrons. The van der Waals surface area contributed by atoms with Crippen LogP contribution in [0.4, 0.5) is 0 Å². The summed E-state index contributed by atoms with van der Waals surface area (Å²) >= 11 is 0. The molecule has 36 nitrogen and oxygen atoms in total. The molecule has 21 rings (SSSR count). The molecule has 21 fully saturated rings. The normalized spacial score (nSPS) is 44.4. The number of rotatable bonds is 33. The number of methoxy groups -OCH3 is 20. The monoisotopic (exact) mass is 1500 g/mol.